The van der Waals surface area contributed by atoms with Crippen LogP contribution in [-0.4, -0.2) is 51.4 Å². The largest absolute Gasteiger partial charge is 0.444 e. The minimum Gasteiger partial charge on any atom is -0.444 e. The third kappa shape index (κ3) is 2.36. The van der Waals surface area contributed by atoms with Crippen LogP contribution in [0.15, 0.2) is 6.20 Å². The minimum atomic E-state index is -0.526. The van der Waals surface area contributed by atoms with Gasteiger partial charge < -0.3 is 15.0 Å². The summed E-state index contributed by atoms with van der Waals surface area (Å²) in [5.74, 6) is -0.128. The normalized spacial score (nSPS) is 24.4. The Balaban J connectivity index is 1.81. The predicted octanol–water partition coefficient (Wildman–Crippen LogP) is 1.10. The van der Waals surface area contributed by atoms with Crippen LogP contribution in [0.5, 0.6) is 0 Å². The van der Waals surface area contributed by atoms with E-state index in [0.717, 1.165) is 5.56 Å². The predicted molar refractivity (Wildman–Crippen MR) is 75.1 cm³/mol. The molecule has 2 atom stereocenters. The maximum atomic E-state index is 12.2. The molecule has 21 heavy (non-hydrogen) atoms. The molecule has 0 bridgehead atoms. The first-order chi connectivity index (χ1) is 9.76. The molecule has 0 unspecified atom stereocenters. The van der Waals surface area contributed by atoms with Crippen LogP contribution in [0, 0.1) is 6.92 Å². The van der Waals surface area contributed by atoms with Crippen LogP contribution in [0.4, 0.5) is 4.79 Å². The second-order valence-corrected chi connectivity index (χ2v) is 6.65. The Morgan fingerprint density at radius 1 is 1.43 bits per heavy atom. The number of nitrogens with one attached hydrogen (secondary N) is 1. The quantitative estimate of drug-likeness (QED) is 0.776. The maximum Gasteiger partial charge on any atom is 0.410 e. The van der Waals surface area contributed by atoms with Gasteiger partial charge in [-0.05, 0) is 27.7 Å². The van der Waals surface area contributed by atoms with Gasteiger partial charge in [-0.25, -0.2) is 4.79 Å². The molecule has 0 radical (unpaired) electrons. The Kier molecular flexibility index (Phi) is 2.96. The molecule has 114 valence electrons. The van der Waals surface area contributed by atoms with Crippen molar-refractivity contribution in [3.8, 4) is 0 Å². The van der Waals surface area contributed by atoms with Crippen molar-refractivity contribution in [3.05, 3.63) is 17.5 Å². The number of rotatable bonds is 0. The van der Waals surface area contributed by atoms with E-state index in [4.69, 9.17) is 4.74 Å². The van der Waals surface area contributed by atoms with E-state index in [0.29, 0.717) is 18.8 Å². The summed E-state index contributed by atoms with van der Waals surface area (Å²) in [5.41, 5.74) is 0.908. The molecule has 7 nitrogen and oxygen atoms in total. The molecule has 2 aliphatic heterocycles. The SMILES string of the molecule is Cc1cnn2c1C(=O)N[C@@H]1CN(C(=O)OC(C)(C)C)C[C@@H]12. The molecule has 2 aliphatic rings. The summed E-state index contributed by atoms with van der Waals surface area (Å²) >= 11 is 0. The van der Waals surface area contributed by atoms with Crippen LogP contribution >= 0.6 is 0 Å². The van der Waals surface area contributed by atoms with Gasteiger partial charge in [-0.3, -0.25) is 9.48 Å². The lowest BCUT2D eigenvalue weighted by molar-refractivity contribution is 0.0286. The number of aromatic nitrogens is 2. The number of nitrogens with zero attached hydrogens (tertiary/aromatic N) is 3. The molecule has 0 aromatic carbocycles. The lowest BCUT2D eigenvalue weighted by Crippen LogP contribution is -2.47. The number of hydrogen-bond acceptors (Lipinski definition) is 4. The molecule has 2 amide bonds. The number of ether oxygens (including phenoxy) is 1. The fraction of sp³-hybridized carbons (Fsp3) is 0.643. The van der Waals surface area contributed by atoms with Crippen LogP contribution in [0.3, 0.4) is 0 Å². The monoisotopic (exact) mass is 292 g/mol. The number of amides is 2. The molecule has 3 heterocycles. The number of fused-ring (bicyclic) bond motifs is 3. The third-order valence-electron chi connectivity index (χ3n) is 3.76. The lowest BCUT2D eigenvalue weighted by Gasteiger charge is -2.26. The summed E-state index contributed by atoms with van der Waals surface area (Å²) in [6, 6.07) is -0.143. The van der Waals surface area contributed by atoms with Gasteiger partial charge in [0.1, 0.15) is 11.3 Å². The van der Waals surface area contributed by atoms with E-state index < -0.39 is 5.60 Å². The molecular weight excluding hydrogens is 272 g/mol. The van der Waals surface area contributed by atoms with Crippen molar-refractivity contribution in [2.24, 2.45) is 0 Å². The van der Waals surface area contributed by atoms with E-state index in [9.17, 15) is 9.59 Å². The highest BCUT2D eigenvalue weighted by atomic mass is 16.6. The summed E-state index contributed by atoms with van der Waals surface area (Å²) in [6.07, 6.45) is 1.34. The Hall–Kier alpha value is -2.05. The van der Waals surface area contributed by atoms with Gasteiger partial charge in [0.15, 0.2) is 0 Å². The highest BCUT2D eigenvalue weighted by Gasteiger charge is 2.44. The lowest BCUT2D eigenvalue weighted by atomic mass is 10.1. The van der Waals surface area contributed by atoms with Crippen LogP contribution in [0.25, 0.3) is 0 Å². The van der Waals surface area contributed by atoms with E-state index in [-0.39, 0.29) is 24.1 Å². The van der Waals surface area contributed by atoms with E-state index in [1.807, 2.05) is 27.7 Å². The van der Waals surface area contributed by atoms with E-state index in [1.165, 1.54) is 0 Å². The molecule has 0 spiro atoms. The number of aryl methyl sites for hydroxylation is 1. The molecule has 3 rings (SSSR count). The van der Waals surface area contributed by atoms with Crippen molar-refractivity contribution in [1.29, 1.82) is 0 Å². The van der Waals surface area contributed by atoms with Crippen molar-refractivity contribution in [3.63, 3.8) is 0 Å². The van der Waals surface area contributed by atoms with Crippen LogP contribution in [0.1, 0.15) is 42.9 Å². The van der Waals surface area contributed by atoms with Crippen molar-refractivity contribution in [1.82, 2.24) is 20.0 Å². The first kappa shape index (κ1) is 13.9. The zero-order valence-electron chi connectivity index (χ0n) is 12.7. The van der Waals surface area contributed by atoms with Gasteiger partial charge in [-0.15, -0.1) is 0 Å². The summed E-state index contributed by atoms with van der Waals surface area (Å²) in [7, 11) is 0. The van der Waals surface area contributed by atoms with Gasteiger partial charge in [-0.1, -0.05) is 0 Å². The summed E-state index contributed by atoms with van der Waals surface area (Å²) < 4.78 is 7.13. The Bertz CT molecular complexity index is 602. The highest BCUT2D eigenvalue weighted by molar-refractivity contribution is 5.95. The van der Waals surface area contributed by atoms with Gasteiger partial charge in [0, 0.05) is 18.7 Å². The van der Waals surface area contributed by atoms with Crippen molar-refractivity contribution < 1.29 is 14.3 Å². The zero-order chi connectivity index (χ0) is 15.4. The summed E-state index contributed by atoms with van der Waals surface area (Å²) in [5, 5.41) is 7.25. The van der Waals surface area contributed by atoms with Crippen molar-refractivity contribution in [2.45, 2.75) is 45.4 Å². The van der Waals surface area contributed by atoms with Gasteiger partial charge in [0.05, 0.1) is 18.3 Å². The topological polar surface area (TPSA) is 76.5 Å². The van der Waals surface area contributed by atoms with Crippen LogP contribution in [-0.2, 0) is 4.74 Å². The average molecular weight is 292 g/mol. The van der Waals surface area contributed by atoms with Gasteiger partial charge in [0.2, 0.25) is 0 Å². The first-order valence-electron chi connectivity index (χ1n) is 7.09. The van der Waals surface area contributed by atoms with Gasteiger partial charge >= 0.3 is 6.09 Å². The fourth-order valence-corrected chi connectivity index (χ4v) is 2.87. The second-order valence-electron chi connectivity index (χ2n) is 6.65. The van der Waals surface area contributed by atoms with Gasteiger partial charge in [-0.2, -0.15) is 5.10 Å². The molecular formula is C14H20N4O3. The summed E-state index contributed by atoms with van der Waals surface area (Å²) in [4.78, 5) is 25.9. The molecule has 1 N–H and O–H groups in total. The van der Waals surface area contributed by atoms with Gasteiger partial charge in [0.25, 0.3) is 5.91 Å². The molecule has 1 aromatic heterocycles. The number of likely N-dealkylation sites (tertiary alicyclic amines) is 1. The molecule has 1 saturated heterocycles. The molecule has 0 saturated carbocycles. The van der Waals surface area contributed by atoms with Crippen molar-refractivity contribution >= 4 is 12.0 Å². The smallest absolute Gasteiger partial charge is 0.410 e. The number of carbonyl (C=O) groups excluding carboxylic acids is 2. The summed E-state index contributed by atoms with van der Waals surface area (Å²) in [6.45, 7) is 8.32. The first-order valence-corrected chi connectivity index (χ1v) is 7.09. The Morgan fingerprint density at radius 2 is 2.14 bits per heavy atom. The Labute approximate surface area is 123 Å². The molecule has 1 fully saturated rings. The van der Waals surface area contributed by atoms with Crippen molar-refractivity contribution in [2.75, 3.05) is 13.1 Å². The molecule has 1 aromatic rings. The average Bonchev–Trinajstić information content (AvgIpc) is 2.91. The van der Waals surface area contributed by atoms with E-state index >= 15 is 0 Å². The van der Waals surface area contributed by atoms with Crippen LogP contribution < -0.4 is 5.32 Å². The van der Waals surface area contributed by atoms with Crippen LogP contribution in [0.2, 0.25) is 0 Å². The van der Waals surface area contributed by atoms with E-state index in [1.54, 1.807) is 15.8 Å². The fourth-order valence-electron chi connectivity index (χ4n) is 2.87. The Morgan fingerprint density at radius 3 is 2.81 bits per heavy atom. The zero-order valence-corrected chi connectivity index (χ0v) is 12.7. The minimum absolute atomic E-state index is 0.0288. The highest BCUT2D eigenvalue weighted by Crippen LogP contribution is 2.29. The standard InChI is InChI=1S/C14H20N4O3/c1-8-5-15-18-10-7-17(13(20)21-14(2,3)4)6-9(10)16-12(19)11(8)18/h5,9-10H,6-7H2,1-4H3,(H,16,19)/t9-,10+/m1/s1. The molecule has 0 aliphatic carbocycles. The van der Waals surface area contributed by atoms with E-state index in [2.05, 4.69) is 10.4 Å². The number of hydrogen-bond donors (Lipinski definition) is 1. The maximum absolute atomic E-state index is 12.2. The molecule has 7 heteroatoms. The third-order valence-corrected chi connectivity index (χ3v) is 3.76. The second kappa shape index (κ2) is 4.47. The number of carbonyl (C=O) groups is 2.